The maximum atomic E-state index is 13.0. The number of amides is 1. The maximum absolute atomic E-state index is 13.0. The molecule has 0 bridgehead atoms. The number of carbonyl (C=O) groups is 1. The van der Waals surface area contributed by atoms with E-state index in [-0.39, 0.29) is 22.9 Å². The number of carbonyl (C=O) groups excluding carboxylic acids is 1. The molecule has 4 nitrogen and oxygen atoms in total. The van der Waals surface area contributed by atoms with E-state index in [0.29, 0.717) is 28.7 Å². The lowest BCUT2D eigenvalue weighted by molar-refractivity contribution is -0.137. The molecule has 0 aliphatic rings. The van der Waals surface area contributed by atoms with Crippen LogP contribution < -0.4 is 14.8 Å². The second-order valence-electron chi connectivity index (χ2n) is 6.62. The molecule has 0 aromatic heterocycles. The highest BCUT2D eigenvalue weighted by Crippen LogP contribution is 2.34. The van der Waals surface area contributed by atoms with Crippen molar-refractivity contribution < 1.29 is 27.4 Å². The number of para-hydroxylation sites is 1. The van der Waals surface area contributed by atoms with Crippen LogP contribution in [0.1, 0.15) is 28.4 Å². The Balaban J connectivity index is 1.84. The van der Waals surface area contributed by atoms with Crippen LogP contribution in [0, 0.1) is 0 Å². The summed E-state index contributed by atoms with van der Waals surface area (Å²) in [6.45, 7) is 2.27. The Morgan fingerprint density at radius 3 is 2.38 bits per heavy atom. The maximum Gasteiger partial charge on any atom is 0.416 e. The molecule has 3 rings (SSSR count). The van der Waals surface area contributed by atoms with E-state index in [1.165, 1.54) is 6.07 Å². The smallest absolute Gasteiger partial charge is 0.416 e. The van der Waals surface area contributed by atoms with Crippen LogP contribution in [0.2, 0.25) is 10.0 Å². The van der Waals surface area contributed by atoms with Gasteiger partial charge in [0.25, 0.3) is 5.91 Å². The molecule has 32 heavy (non-hydrogen) atoms. The molecule has 0 atom stereocenters. The van der Waals surface area contributed by atoms with Crippen LogP contribution in [0.5, 0.6) is 11.5 Å². The minimum atomic E-state index is -4.56. The Bertz CT molecular complexity index is 1120. The number of nitrogens with one attached hydrogen (secondary N) is 1. The molecule has 0 aliphatic heterocycles. The van der Waals surface area contributed by atoms with Gasteiger partial charge < -0.3 is 14.8 Å². The van der Waals surface area contributed by atoms with Crippen LogP contribution in [0.4, 0.5) is 18.9 Å². The number of hydrogen-bond acceptors (Lipinski definition) is 3. The van der Waals surface area contributed by atoms with Gasteiger partial charge in [-0.25, -0.2) is 0 Å². The van der Waals surface area contributed by atoms with Gasteiger partial charge in [-0.15, -0.1) is 0 Å². The summed E-state index contributed by atoms with van der Waals surface area (Å²) in [6, 6.07) is 14.3. The monoisotopic (exact) mass is 483 g/mol. The van der Waals surface area contributed by atoms with Crippen molar-refractivity contribution in [3.05, 3.63) is 87.4 Å². The van der Waals surface area contributed by atoms with Crippen molar-refractivity contribution in [3.8, 4) is 11.5 Å². The normalized spacial score (nSPS) is 11.2. The molecule has 0 aliphatic carbocycles. The Morgan fingerprint density at radius 2 is 1.69 bits per heavy atom. The molecule has 168 valence electrons. The summed E-state index contributed by atoms with van der Waals surface area (Å²) < 4.78 is 50.3. The van der Waals surface area contributed by atoms with E-state index in [4.69, 9.17) is 32.7 Å². The second-order valence-corrected chi connectivity index (χ2v) is 7.44. The summed E-state index contributed by atoms with van der Waals surface area (Å²) in [4.78, 5) is 12.7. The lowest BCUT2D eigenvalue weighted by Gasteiger charge is -2.15. The summed E-state index contributed by atoms with van der Waals surface area (Å²) >= 11 is 12.1. The number of alkyl halides is 3. The van der Waals surface area contributed by atoms with Gasteiger partial charge in [0, 0.05) is 11.1 Å². The fourth-order valence-electron chi connectivity index (χ4n) is 2.84. The quantitative estimate of drug-likeness (QED) is 0.385. The zero-order valence-corrected chi connectivity index (χ0v) is 18.3. The standard InChI is InChI=1S/C23H18Cl2F3NO3/c1-2-31-20-10-7-14(11-15(20)13-32-21-6-4-3-5-18(21)25)22(30)29-19-12-16(23(26,27)28)8-9-17(19)24/h3-12H,2,13H2,1H3,(H,29,30). The lowest BCUT2D eigenvalue weighted by atomic mass is 10.1. The molecule has 3 aromatic carbocycles. The summed E-state index contributed by atoms with van der Waals surface area (Å²) in [5.41, 5.74) is -0.304. The van der Waals surface area contributed by atoms with Gasteiger partial charge in [-0.1, -0.05) is 35.3 Å². The number of ether oxygens (including phenoxy) is 2. The molecule has 0 fully saturated rings. The average Bonchev–Trinajstić information content (AvgIpc) is 2.75. The molecule has 0 saturated carbocycles. The third-order valence-corrected chi connectivity index (χ3v) is 5.03. The molecule has 0 saturated heterocycles. The Morgan fingerprint density at radius 1 is 0.938 bits per heavy atom. The average molecular weight is 484 g/mol. The summed E-state index contributed by atoms with van der Waals surface area (Å²) in [5, 5.41) is 2.84. The highest BCUT2D eigenvalue weighted by Gasteiger charge is 2.31. The zero-order valence-electron chi connectivity index (χ0n) is 16.8. The van der Waals surface area contributed by atoms with Gasteiger partial charge in [-0.2, -0.15) is 13.2 Å². The molecule has 0 spiro atoms. The first-order valence-electron chi connectivity index (χ1n) is 9.50. The topological polar surface area (TPSA) is 47.6 Å². The van der Waals surface area contributed by atoms with Crippen molar-refractivity contribution in [2.24, 2.45) is 0 Å². The fourth-order valence-corrected chi connectivity index (χ4v) is 3.19. The molecule has 1 N–H and O–H groups in total. The van der Waals surface area contributed by atoms with Gasteiger partial charge in [0.1, 0.15) is 18.1 Å². The van der Waals surface area contributed by atoms with Gasteiger partial charge in [-0.05, 0) is 55.5 Å². The largest absolute Gasteiger partial charge is 0.493 e. The van der Waals surface area contributed by atoms with Crippen molar-refractivity contribution in [2.45, 2.75) is 19.7 Å². The summed E-state index contributed by atoms with van der Waals surface area (Å²) in [5.74, 6) is 0.337. The van der Waals surface area contributed by atoms with Crippen molar-refractivity contribution in [1.82, 2.24) is 0 Å². The zero-order chi connectivity index (χ0) is 23.3. The molecule has 3 aromatic rings. The number of hydrogen-bond donors (Lipinski definition) is 1. The van der Waals surface area contributed by atoms with Crippen LogP contribution in [-0.2, 0) is 12.8 Å². The van der Waals surface area contributed by atoms with E-state index in [2.05, 4.69) is 5.32 Å². The van der Waals surface area contributed by atoms with Crippen LogP contribution in [0.15, 0.2) is 60.7 Å². The van der Waals surface area contributed by atoms with Crippen molar-refractivity contribution >= 4 is 34.8 Å². The van der Waals surface area contributed by atoms with Gasteiger partial charge in [0.05, 0.1) is 27.9 Å². The van der Waals surface area contributed by atoms with E-state index < -0.39 is 17.6 Å². The number of benzene rings is 3. The second kappa shape index (κ2) is 10.1. The minimum Gasteiger partial charge on any atom is -0.493 e. The van der Waals surface area contributed by atoms with E-state index in [0.717, 1.165) is 18.2 Å². The van der Waals surface area contributed by atoms with Crippen LogP contribution in [0.25, 0.3) is 0 Å². The van der Waals surface area contributed by atoms with Gasteiger partial charge in [-0.3, -0.25) is 4.79 Å². The van der Waals surface area contributed by atoms with Gasteiger partial charge in [0.2, 0.25) is 0 Å². The number of anilines is 1. The summed E-state index contributed by atoms with van der Waals surface area (Å²) in [7, 11) is 0. The highest BCUT2D eigenvalue weighted by atomic mass is 35.5. The van der Waals surface area contributed by atoms with Gasteiger partial charge in [0.15, 0.2) is 0 Å². The Labute approximate surface area is 192 Å². The van der Waals surface area contributed by atoms with Gasteiger partial charge >= 0.3 is 6.18 Å². The molecule has 9 heteroatoms. The van der Waals surface area contributed by atoms with Crippen molar-refractivity contribution in [1.29, 1.82) is 0 Å². The third-order valence-electron chi connectivity index (χ3n) is 4.38. The Kier molecular flexibility index (Phi) is 7.53. The first-order valence-corrected chi connectivity index (χ1v) is 10.3. The molecule has 0 unspecified atom stereocenters. The van der Waals surface area contributed by atoms with E-state index in [9.17, 15) is 18.0 Å². The van der Waals surface area contributed by atoms with E-state index in [1.807, 2.05) is 6.92 Å². The summed E-state index contributed by atoms with van der Waals surface area (Å²) in [6.07, 6.45) is -4.56. The van der Waals surface area contributed by atoms with E-state index >= 15 is 0 Å². The van der Waals surface area contributed by atoms with Crippen molar-refractivity contribution in [2.75, 3.05) is 11.9 Å². The SMILES string of the molecule is CCOc1ccc(C(=O)Nc2cc(C(F)(F)F)ccc2Cl)cc1COc1ccccc1Cl. The third kappa shape index (κ3) is 5.87. The molecule has 0 heterocycles. The highest BCUT2D eigenvalue weighted by molar-refractivity contribution is 6.34. The number of rotatable bonds is 7. The minimum absolute atomic E-state index is 0.0143. The molecule has 1 amide bonds. The lowest BCUT2D eigenvalue weighted by Crippen LogP contribution is -2.14. The predicted molar refractivity (Wildman–Crippen MR) is 118 cm³/mol. The first kappa shape index (κ1) is 23.8. The van der Waals surface area contributed by atoms with Crippen LogP contribution >= 0.6 is 23.2 Å². The first-order chi connectivity index (χ1) is 15.2. The fraction of sp³-hybridized carbons (Fsp3) is 0.174. The molecular formula is C23H18Cl2F3NO3. The molecular weight excluding hydrogens is 466 g/mol. The van der Waals surface area contributed by atoms with E-state index in [1.54, 1.807) is 36.4 Å². The van der Waals surface area contributed by atoms with Crippen LogP contribution in [-0.4, -0.2) is 12.5 Å². The number of halogens is 5. The Hall–Kier alpha value is -2.90. The van der Waals surface area contributed by atoms with Crippen LogP contribution in [0.3, 0.4) is 0 Å². The van der Waals surface area contributed by atoms with Crippen molar-refractivity contribution in [3.63, 3.8) is 0 Å². The molecule has 0 radical (unpaired) electrons. The predicted octanol–water partition coefficient (Wildman–Crippen LogP) is 7.24.